The summed E-state index contributed by atoms with van der Waals surface area (Å²) in [6, 6.07) is 4.92. The van der Waals surface area contributed by atoms with Gasteiger partial charge in [-0.3, -0.25) is 0 Å². The van der Waals surface area contributed by atoms with E-state index in [1.165, 1.54) is 0 Å². The Hall–Kier alpha value is -2.15. The van der Waals surface area contributed by atoms with Crippen molar-refractivity contribution in [2.45, 2.75) is 13.3 Å². The van der Waals surface area contributed by atoms with Gasteiger partial charge >= 0.3 is 5.97 Å². The largest absolute Gasteiger partial charge is 0.479 e. The molecule has 4 heteroatoms. The van der Waals surface area contributed by atoms with E-state index >= 15 is 0 Å². The van der Waals surface area contributed by atoms with Gasteiger partial charge in [0.1, 0.15) is 12.4 Å². The van der Waals surface area contributed by atoms with Gasteiger partial charge in [-0.1, -0.05) is 18.9 Å². The highest BCUT2D eigenvalue weighted by Crippen LogP contribution is 2.25. The van der Waals surface area contributed by atoms with Crippen molar-refractivity contribution in [3.05, 3.63) is 23.8 Å². The Morgan fingerprint density at radius 2 is 2.29 bits per heavy atom. The average Bonchev–Trinajstić information content (AvgIpc) is 2.34. The highest BCUT2D eigenvalue weighted by atomic mass is 16.5. The van der Waals surface area contributed by atoms with Gasteiger partial charge in [-0.05, 0) is 18.6 Å². The third-order valence-corrected chi connectivity index (χ3v) is 2.03. The molecule has 1 aromatic carbocycles. The SMILES string of the molecule is C#CCOc1cccc(C(=O)OCCC)c1N. The number of nitrogens with two attached hydrogens (primary N) is 1. The van der Waals surface area contributed by atoms with E-state index in [9.17, 15) is 4.79 Å². The molecule has 90 valence electrons. The molecule has 0 amide bonds. The molecule has 1 aromatic rings. The summed E-state index contributed by atoms with van der Waals surface area (Å²) < 4.78 is 10.2. The van der Waals surface area contributed by atoms with Crippen LogP contribution in [0.3, 0.4) is 0 Å². The van der Waals surface area contributed by atoms with E-state index in [-0.39, 0.29) is 12.3 Å². The normalized spacial score (nSPS) is 9.41. The molecule has 0 saturated heterocycles. The van der Waals surface area contributed by atoms with Crippen LogP contribution in [0, 0.1) is 12.3 Å². The van der Waals surface area contributed by atoms with Gasteiger partial charge < -0.3 is 15.2 Å². The standard InChI is InChI=1S/C13H15NO3/c1-3-8-16-11-7-5-6-10(12(11)14)13(15)17-9-4-2/h1,5-7H,4,8-9,14H2,2H3. The van der Waals surface area contributed by atoms with E-state index in [2.05, 4.69) is 5.92 Å². The Bertz CT molecular complexity index is 435. The van der Waals surface area contributed by atoms with Gasteiger partial charge in [0, 0.05) is 0 Å². The molecular weight excluding hydrogens is 218 g/mol. The van der Waals surface area contributed by atoms with Gasteiger partial charge in [0.05, 0.1) is 17.9 Å². The molecule has 0 aliphatic rings. The van der Waals surface area contributed by atoms with Crippen molar-refractivity contribution in [1.82, 2.24) is 0 Å². The molecule has 0 aliphatic heterocycles. The number of carbonyl (C=O) groups excluding carboxylic acids is 1. The lowest BCUT2D eigenvalue weighted by atomic mass is 10.1. The number of esters is 1. The maximum absolute atomic E-state index is 11.7. The molecule has 0 unspecified atom stereocenters. The lowest BCUT2D eigenvalue weighted by molar-refractivity contribution is 0.0506. The molecule has 0 spiro atoms. The third kappa shape index (κ3) is 3.42. The maximum atomic E-state index is 11.7. The minimum atomic E-state index is -0.449. The molecule has 0 heterocycles. The number of terminal acetylenes is 1. The zero-order chi connectivity index (χ0) is 12.7. The van der Waals surface area contributed by atoms with Crippen LogP contribution < -0.4 is 10.5 Å². The van der Waals surface area contributed by atoms with Gasteiger partial charge in [0.25, 0.3) is 0 Å². The predicted molar refractivity (Wildman–Crippen MR) is 65.8 cm³/mol. The summed E-state index contributed by atoms with van der Waals surface area (Å²) in [6.07, 6.45) is 5.85. The van der Waals surface area contributed by atoms with Gasteiger partial charge in [-0.25, -0.2) is 4.79 Å². The summed E-state index contributed by atoms with van der Waals surface area (Å²) in [7, 11) is 0. The summed E-state index contributed by atoms with van der Waals surface area (Å²) >= 11 is 0. The molecule has 0 saturated carbocycles. The Balaban J connectivity index is 2.86. The smallest absolute Gasteiger partial charge is 0.340 e. The van der Waals surface area contributed by atoms with Crippen LogP contribution in [0.1, 0.15) is 23.7 Å². The highest BCUT2D eigenvalue weighted by Gasteiger charge is 2.14. The fraction of sp³-hybridized carbons (Fsp3) is 0.308. The first-order chi connectivity index (χ1) is 8.20. The number of carbonyl (C=O) groups is 1. The van der Waals surface area contributed by atoms with Crippen LogP contribution in [0.15, 0.2) is 18.2 Å². The van der Waals surface area contributed by atoms with Gasteiger partial charge in [-0.15, -0.1) is 6.42 Å². The quantitative estimate of drug-likeness (QED) is 0.479. The zero-order valence-corrected chi connectivity index (χ0v) is 9.73. The Morgan fingerprint density at radius 3 is 2.94 bits per heavy atom. The molecular formula is C13H15NO3. The summed E-state index contributed by atoms with van der Waals surface area (Å²) in [4.78, 5) is 11.7. The average molecular weight is 233 g/mol. The molecule has 17 heavy (non-hydrogen) atoms. The van der Waals surface area contributed by atoms with Crippen LogP contribution in [-0.2, 0) is 4.74 Å². The lowest BCUT2D eigenvalue weighted by Gasteiger charge is -2.10. The van der Waals surface area contributed by atoms with Crippen molar-refractivity contribution in [1.29, 1.82) is 0 Å². The van der Waals surface area contributed by atoms with Crippen molar-refractivity contribution in [3.63, 3.8) is 0 Å². The van der Waals surface area contributed by atoms with E-state index in [1.54, 1.807) is 18.2 Å². The highest BCUT2D eigenvalue weighted by molar-refractivity contribution is 5.96. The number of anilines is 1. The van der Waals surface area contributed by atoms with Crippen molar-refractivity contribution in [2.75, 3.05) is 18.9 Å². The molecule has 0 radical (unpaired) electrons. The van der Waals surface area contributed by atoms with Crippen LogP contribution >= 0.6 is 0 Å². The van der Waals surface area contributed by atoms with Crippen LogP contribution in [0.25, 0.3) is 0 Å². The van der Waals surface area contributed by atoms with E-state index in [4.69, 9.17) is 21.6 Å². The van der Waals surface area contributed by atoms with Crippen molar-refractivity contribution in [2.24, 2.45) is 0 Å². The molecule has 0 fully saturated rings. The first-order valence-electron chi connectivity index (χ1n) is 5.32. The number of nitrogen functional groups attached to an aromatic ring is 1. The fourth-order valence-corrected chi connectivity index (χ4v) is 1.24. The first-order valence-corrected chi connectivity index (χ1v) is 5.32. The van der Waals surface area contributed by atoms with Crippen molar-refractivity contribution in [3.8, 4) is 18.1 Å². The van der Waals surface area contributed by atoms with Gasteiger partial charge in [0.2, 0.25) is 0 Å². The molecule has 1 rings (SSSR count). The predicted octanol–water partition coefficient (Wildman–Crippen LogP) is 1.85. The molecule has 0 aromatic heterocycles. The fourth-order valence-electron chi connectivity index (χ4n) is 1.24. The Morgan fingerprint density at radius 1 is 1.53 bits per heavy atom. The third-order valence-electron chi connectivity index (χ3n) is 2.03. The van der Waals surface area contributed by atoms with Gasteiger partial charge in [0.15, 0.2) is 0 Å². The minimum absolute atomic E-state index is 0.109. The second-order valence-corrected chi connectivity index (χ2v) is 3.35. The lowest BCUT2D eigenvalue weighted by Crippen LogP contribution is -2.10. The van der Waals surface area contributed by atoms with Crippen LogP contribution in [0.4, 0.5) is 5.69 Å². The van der Waals surface area contributed by atoms with E-state index in [1.807, 2.05) is 6.92 Å². The van der Waals surface area contributed by atoms with E-state index in [0.29, 0.717) is 17.9 Å². The van der Waals surface area contributed by atoms with Gasteiger partial charge in [-0.2, -0.15) is 0 Å². The van der Waals surface area contributed by atoms with Crippen LogP contribution in [0.5, 0.6) is 5.75 Å². The number of para-hydroxylation sites is 1. The molecule has 0 bridgehead atoms. The topological polar surface area (TPSA) is 61.5 Å². The van der Waals surface area contributed by atoms with E-state index in [0.717, 1.165) is 6.42 Å². The number of ether oxygens (including phenoxy) is 2. The summed E-state index contributed by atoms with van der Waals surface area (Å²) in [5, 5.41) is 0. The molecule has 4 nitrogen and oxygen atoms in total. The monoisotopic (exact) mass is 233 g/mol. The Labute approximate surface area is 101 Å². The molecule has 2 N–H and O–H groups in total. The second-order valence-electron chi connectivity index (χ2n) is 3.35. The Kier molecular flexibility index (Phi) is 4.89. The summed E-state index contributed by atoms with van der Waals surface area (Å²) in [5.74, 6) is 2.28. The van der Waals surface area contributed by atoms with Crippen molar-refractivity contribution < 1.29 is 14.3 Å². The molecule has 0 aliphatic carbocycles. The van der Waals surface area contributed by atoms with E-state index < -0.39 is 5.97 Å². The number of rotatable bonds is 5. The number of hydrogen-bond acceptors (Lipinski definition) is 4. The van der Waals surface area contributed by atoms with Crippen LogP contribution in [0.2, 0.25) is 0 Å². The number of benzene rings is 1. The summed E-state index contributed by atoms with van der Waals surface area (Å²) in [6.45, 7) is 2.40. The first kappa shape index (κ1) is 12.9. The maximum Gasteiger partial charge on any atom is 0.340 e. The van der Waals surface area contributed by atoms with Crippen LogP contribution in [-0.4, -0.2) is 19.2 Å². The number of hydrogen-bond donors (Lipinski definition) is 1. The molecule has 0 atom stereocenters. The zero-order valence-electron chi connectivity index (χ0n) is 9.73. The second kappa shape index (κ2) is 6.44. The van der Waals surface area contributed by atoms with Crippen molar-refractivity contribution >= 4 is 11.7 Å². The minimum Gasteiger partial charge on any atom is -0.479 e. The summed E-state index contributed by atoms with van der Waals surface area (Å²) in [5.41, 5.74) is 6.35.